The van der Waals surface area contributed by atoms with Gasteiger partial charge in [-0.1, -0.05) is 0 Å². The third kappa shape index (κ3) is 2.39. The van der Waals surface area contributed by atoms with E-state index in [1.807, 2.05) is 0 Å². The summed E-state index contributed by atoms with van der Waals surface area (Å²) in [6.45, 7) is 1.70. The van der Waals surface area contributed by atoms with Crippen LogP contribution in [0.1, 0.15) is 19.8 Å². The summed E-state index contributed by atoms with van der Waals surface area (Å²) < 4.78 is 52.5. The van der Waals surface area contributed by atoms with Gasteiger partial charge in [0.15, 0.2) is 11.6 Å². The lowest BCUT2D eigenvalue weighted by atomic mass is 10.3. The zero-order chi connectivity index (χ0) is 12.8. The molecule has 7 heteroatoms. The topological polar surface area (TPSA) is 72.2 Å². The molecule has 17 heavy (non-hydrogen) atoms. The summed E-state index contributed by atoms with van der Waals surface area (Å²) in [7, 11) is -4.08. The maximum absolute atomic E-state index is 13.4. The summed E-state index contributed by atoms with van der Waals surface area (Å²) in [6.07, 6.45) is 1.36. The van der Waals surface area contributed by atoms with Gasteiger partial charge in [0.2, 0.25) is 10.0 Å². The number of hydrogen-bond acceptors (Lipinski definition) is 3. The molecule has 0 radical (unpaired) electrons. The Bertz CT molecular complexity index is 568. The Morgan fingerprint density at radius 1 is 1.35 bits per heavy atom. The summed E-state index contributed by atoms with van der Waals surface area (Å²) >= 11 is 0. The number of sulfonamides is 1. The molecular weight excluding hydrogens is 250 g/mol. The van der Waals surface area contributed by atoms with Crippen LogP contribution in [0.15, 0.2) is 17.0 Å². The maximum atomic E-state index is 13.4. The number of halogens is 2. The van der Waals surface area contributed by atoms with Gasteiger partial charge in [-0.15, -0.1) is 0 Å². The largest absolute Gasteiger partial charge is 0.399 e. The van der Waals surface area contributed by atoms with Gasteiger partial charge in [-0.25, -0.2) is 21.9 Å². The van der Waals surface area contributed by atoms with E-state index in [4.69, 9.17) is 5.73 Å². The third-order valence-electron chi connectivity index (χ3n) is 2.69. The zero-order valence-corrected chi connectivity index (χ0v) is 9.94. The Hall–Kier alpha value is -1.21. The minimum absolute atomic E-state index is 0.134. The number of nitrogen functional groups attached to an aromatic ring is 1. The molecule has 0 spiro atoms. The number of hydrogen-bond donors (Lipinski definition) is 2. The molecule has 1 saturated carbocycles. The molecule has 0 heterocycles. The predicted molar refractivity (Wildman–Crippen MR) is 58.7 cm³/mol. The first-order valence-corrected chi connectivity index (χ1v) is 6.50. The minimum Gasteiger partial charge on any atom is -0.399 e. The molecule has 1 aliphatic rings. The number of anilines is 1. The molecule has 3 N–H and O–H groups in total. The van der Waals surface area contributed by atoms with Gasteiger partial charge in [0.05, 0.1) is 0 Å². The minimum atomic E-state index is -4.08. The van der Waals surface area contributed by atoms with Crippen molar-refractivity contribution in [1.29, 1.82) is 0 Å². The number of nitrogens with one attached hydrogen (secondary N) is 1. The smallest absolute Gasteiger partial charge is 0.244 e. The molecule has 2 rings (SSSR count). The molecule has 0 bridgehead atoms. The van der Waals surface area contributed by atoms with Crippen molar-refractivity contribution in [2.24, 2.45) is 0 Å². The van der Waals surface area contributed by atoms with E-state index in [9.17, 15) is 17.2 Å². The molecule has 0 aliphatic heterocycles. The molecule has 0 amide bonds. The van der Waals surface area contributed by atoms with Crippen molar-refractivity contribution in [3.63, 3.8) is 0 Å². The Balaban J connectivity index is 2.45. The van der Waals surface area contributed by atoms with Crippen LogP contribution in [-0.4, -0.2) is 14.0 Å². The van der Waals surface area contributed by atoms with Crippen molar-refractivity contribution in [3.8, 4) is 0 Å². The van der Waals surface area contributed by atoms with E-state index in [0.29, 0.717) is 12.8 Å². The lowest BCUT2D eigenvalue weighted by molar-refractivity contribution is 0.481. The van der Waals surface area contributed by atoms with Gasteiger partial charge in [0.25, 0.3) is 0 Å². The van der Waals surface area contributed by atoms with Crippen molar-refractivity contribution in [3.05, 3.63) is 23.8 Å². The molecule has 1 aliphatic carbocycles. The molecule has 0 unspecified atom stereocenters. The standard InChI is InChI=1S/C10H12F2N2O2S/c1-10(2-3-10)14-17(15,16)8-5-6(13)4-7(11)9(8)12/h4-5,14H,2-3,13H2,1H3. The molecule has 1 aromatic carbocycles. The molecule has 1 aromatic rings. The van der Waals surface area contributed by atoms with Crippen LogP contribution in [0.25, 0.3) is 0 Å². The van der Waals surface area contributed by atoms with Crippen LogP contribution >= 0.6 is 0 Å². The monoisotopic (exact) mass is 262 g/mol. The lowest BCUT2D eigenvalue weighted by Gasteiger charge is -2.13. The van der Waals surface area contributed by atoms with Gasteiger partial charge >= 0.3 is 0 Å². The Kier molecular flexibility index (Phi) is 2.62. The number of nitrogens with two attached hydrogens (primary N) is 1. The van der Waals surface area contributed by atoms with Crippen LogP contribution in [0, 0.1) is 11.6 Å². The Morgan fingerprint density at radius 3 is 2.47 bits per heavy atom. The number of benzene rings is 1. The fraction of sp³-hybridized carbons (Fsp3) is 0.400. The second-order valence-electron chi connectivity index (χ2n) is 4.48. The van der Waals surface area contributed by atoms with Crippen molar-refractivity contribution >= 4 is 15.7 Å². The fourth-order valence-electron chi connectivity index (χ4n) is 1.45. The highest BCUT2D eigenvalue weighted by molar-refractivity contribution is 7.89. The van der Waals surface area contributed by atoms with E-state index in [-0.39, 0.29) is 5.69 Å². The van der Waals surface area contributed by atoms with E-state index >= 15 is 0 Å². The molecule has 0 aromatic heterocycles. The van der Waals surface area contributed by atoms with E-state index in [1.54, 1.807) is 6.92 Å². The van der Waals surface area contributed by atoms with Gasteiger partial charge in [0, 0.05) is 11.2 Å². The molecule has 1 fully saturated rings. The van der Waals surface area contributed by atoms with Gasteiger partial charge in [-0.05, 0) is 31.9 Å². The summed E-state index contributed by atoms with van der Waals surface area (Å²) in [5.41, 5.74) is 4.62. The summed E-state index contributed by atoms with van der Waals surface area (Å²) in [5, 5.41) is 0. The third-order valence-corrected chi connectivity index (χ3v) is 4.33. The SMILES string of the molecule is CC1(NS(=O)(=O)c2cc(N)cc(F)c2F)CC1. The van der Waals surface area contributed by atoms with Gasteiger partial charge in [-0.2, -0.15) is 0 Å². The first-order valence-electron chi connectivity index (χ1n) is 5.02. The first-order chi connectivity index (χ1) is 7.73. The Morgan fingerprint density at radius 2 is 1.94 bits per heavy atom. The van der Waals surface area contributed by atoms with Crippen LogP contribution in [0.5, 0.6) is 0 Å². The lowest BCUT2D eigenvalue weighted by Crippen LogP contribution is -2.34. The predicted octanol–water partition coefficient (Wildman–Crippen LogP) is 1.38. The zero-order valence-electron chi connectivity index (χ0n) is 9.13. The van der Waals surface area contributed by atoms with Crippen LogP contribution in [0.3, 0.4) is 0 Å². The molecule has 0 saturated heterocycles. The highest BCUT2D eigenvalue weighted by atomic mass is 32.2. The van der Waals surface area contributed by atoms with Crippen LogP contribution < -0.4 is 10.5 Å². The highest BCUT2D eigenvalue weighted by Gasteiger charge is 2.42. The summed E-state index contributed by atoms with van der Waals surface area (Å²) in [6, 6.07) is 1.65. The van der Waals surface area contributed by atoms with E-state index < -0.39 is 32.1 Å². The van der Waals surface area contributed by atoms with Gasteiger partial charge in [-0.3, -0.25) is 0 Å². The normalized spacial score (nSPS) is 18.1. The van der Waals surface area contributed by atoms with Crippen molar-refractivity contribution in [2.75, 3.05) is 5.73 Å². The molecular formula is C10H12F2N2O2S. The quantitative estimate of drug-likeness (QED) is 0.808. The van der Waals surface area contributed by atoms with E-state index in [2.05, 4.69) is 4.72 Å². The average molecular weight is 262 g/mol. The molecule has 0 atom stereocenters. The van der Waals surface area contributed by atoms with Crippen molar-refractivity contribution < 1.29 is 17.2 Å². The molecule has 94 valence electrons. The second kappa shape index (κ2) is 3.64. The van der Waals surface area contributed by atoms with Crippen LogP contribution in [0.2, 0.25) is 0 Å². The Labute approximate surface area is 97.9 Å². The van der Waals surface area contributed by atoms with Crippen LogP contribution in [0.4, 0.5) is 14.5 Å². The summed E-state index contributed by atoms with van der Waals surface area (Å²) in [5.74, 6) is -2.68. The van der Waals surface area contributed by atoms with Crippen LogP contribution in [-0.2, 0) is 10.0 Å². The van der Waals surface area contributed by atoms with E-state index in [0.717, 1.165) is 12.1 Å². The van der Waals surface area contributed by atoms with Gasteiger partial charge < -0.3 is 5.73 Å². The van der Waals surface area contributed by atoms with Gasteiger partial charge in [0.1, 0.15) is 4.90 Å². The van der Waals surface area contributed by atoms with Crippen molar-refractivity contribution in [1.82, 2.24) is 4.72 Å². The number of rotatable bonds is 3. The second-order valence-corrected chi connectivity index (χ2v) is 6.13. The van der Waals surface area contributed by atoms with Crippen molar-refractivity contribution in [2.45, 2.75) is 30.2 Å². The first kappa shape index (κ1) is 12.3. The maximum Gasteiger partial charge on any atom is 0.244 e. The molecule has 4 nitrogen and oxygen atoms in total. The average Bonchev–Trinajstić information content (AvgIpc) is 2.88. The fourth-order valence-corrected chi connectivity index (χ4v) is 3.04. The van der Waals surface area contributed by atoms with E-state index in [1.165, 1.54) is 0 Å². The summed E-state index contributed by atoms with van der Waals surface area (Å²) in [4.78, 5) is -0.747. The highest BCUT2D eigenvalue weighted by Crippen LogP contribution is 2.36.